The molecule has 0 unspecified atom stereocenters. The maximum Gasteiger partial charge on any atom is 0.233 e. The maximum absolute atomic E-state index is 13.2. The van der Waals surface area contributed by atoms with Gasteiger partial charge in [0, 0.05) is 6.26 Å². The van der Waals surface area contributed by atoms with Crippen molar-refractivity contribution in [2.75, 3.05) is 11.6 Å². The number of nitrogens with one attached hydrogen (secondary N) is 1. The Morgan fingerprint density at radius 3 is 2.55 bits per heavy atom. The number of benzene rings is 1. The van der Waals surface area contributed by atoms with Crippen molar-refractivity contribution in [1.82, 2.24) is 9.97 Å². The summed E-state index contributed by atoms with van der Waals surface area (Å²) in [6, 6.07) is 4.62. The lowest BCUT2D eigenvalue weighted by molar-refractivity contribution is -0.118. The third kappa shape index (κ3) is 6.01. The van der Waals surface area contributed by atoms with E-state index in [0.29, 0.717) is 30.6 Å². The van der Waals surface area contributed by atoms with Gasteiger partial charge in [0.2, 0.25) is 5.91 Å². The van der Waals surface area contributed by atoms with Crippen molar-refractivity contribution in [2.24, 2.45) is 11.1 Å². The van der Waals surface area contributed by atoms with Gasteiger partial charge in [-0.15, -0.1) is 0 Å². The summed E-state index contributed by atoms with van der Waals surface area (Å²) < 4.78 is 23.8. The molecule has 1 aromatic heterocycles. The van der Waals surface area contributed by atoms with Crippen LogP contribution < -0.4 is 5.32 Å². The minimum atomic E-state index is -3.47. The molecule has 0 aliphatic heterocycles. The SMILES string of the molecule is Cc1cnc(NC(=O)[C@H](CC2CCC(=NO)CC2)c2ccc(S(C)(=O)=O)c(Cl)c2)cn1. The van der Waals surface area contributed by atoms with Gasteiger partial charge in [-0.3, -0.25) is 9.78 Å². The van der Waals surface area contributed by atoms with Gasteiger partial charge in [0.25, 0.3) is 0 Å². The minimum Gasteiger partial charge on any atom is -0.411 e. The molecule has 8 nitrogen and oxygen atoms in total. The van der Waals surface area contributed by atoms with Gasteiger partial charge in [-0.1, -0.05) is 22.8 Å². The van der Waals surface area contributed by atoms with E-state index in [4.69, 9.17) is 16.8 Å². The highest BCUT2D eigenvalue weighted by Gasteiger charge is 2.28. The zero-order valence-corrected chi connectivity index (χ0v) is 18.9. The number of hydrogen-bond donors (Lipinski definition) is 2. The fraction of sp³-hybridized carbons (Fsp3) is 0.429. The molecule has 1 aliphatic carbocycles. The van der Waals surface area contributed by atoms with Crippen LogP contribution in [0.15, 0.2) is 40.6 Å². The van der Waals surface area contributed by atoms with Crippen LogP contribution in [0.1, 0.15) is 49.3 Å². The number of carbonyl (C=O) groups is 1. The summed E-state index contributed by atoms with van der Waals surface area (Å²) in [6.45, 7) is 1.81. The molecule has 1 amide bonds. The molecular formula is C21H25ClN4O4S. The predicted octanol–water partition coefficient (Wildman–Crippen LogP) is 3.97. The van der Waals surface area contributed by atoms with Gasteiger partial charge in [0.15, 0.2) is 15.7 Å². The van der Waals surface area contributed by atoms with E-state index in [1.165, 1.54) is 12.3 Å². The van der Waals surface area contributed by atoms with Gasteiger partial charge in [-0.2, -0.15) is 0 Å². The van der Waals surface area contributed by atoms with Gasteiger partial charge in [-0.25, -0.2) is 13.4 Å². The molecule has 3 rings (SSSR count). The smallest absolute Gasteiger partial charge is 0.233 e. The van der Waals surface area contributed by atoms with Gasteiger partial charge in [-0.05, 0) is 62.6 Å². The Morgan fingerprint density at radius 1 is 1.29 bits per heavy atom. The Morgan fingerprint density at radius 2 is 2.00 bits per heavy atom. The molecule has 166 valence electrons. The lowest BCUT2D eigenvalue weighted by Gasteiger charge is -2.27. The summed E-state index contributed by atoms with van der Waals surface area (Å²) >= 11 is 6.24. The number of nitrogens with zero attached hydrogens (tertiary/aromatic N) is 3. The molecule has 1 heterocycles. The Hall–Kier alpha value is -2.52. The van der Waals surface area contributed by atoms with E-state index < -0.39 is 15.8 Å². The van der Waals surface area contributed by atoms with Crippen LogP contribution in [-0.2, 0) is 14.6 Å². The average Bonchev–Trinajstić information content (AvgIpc) is 2.73. The number of oxime groups is 1. The molecule has 31 heavy (non-hydrogen) atoms. The normalized spacial score (nSPS) is 17.8. The number of amides is 1. The number of aryl methyl sites for hydroxylation is 1. The number of halogens is 1. The van der Waals surface area contributed by atoms with Crippen molar-refractivity contribution in [3.05, 3.63) is 46.9 Å². The quantitative estimate of drug-likeness (QED) is 0.492. The van der Waals surface area contributed by atoms with Gasteiger partial charge in [0.1, 0.15) is 0 Å². The molecule has 1 saturated carbocycles. The number of sulfone groups is 1. The van der Waals surface area contributed by atoms with Crippen LogP contribution in [-0.4, -0.2) is 41.5 Å². The third-order valence-electron chi connectivity index (χ3n) is 5.50. The highest BCUT2D eigenvalue weighted by atomic mass is 35.5. The zero-order chi connectivity index (χ0) is 22.6. The van der Waals surface area contributed by atoms with Crippen molar-refractivity contribution < 1.29 is 18.4 Å². The molecule has 1 atom stereocenters. The summed E-state index contributed by atoms with van der Waals surface area (Å²) in [7, 11) is -3.47. The van der Waals surface area contributed by atoms with Crippen LogP contribution >= 0.6 is 11.6 Å². The molecular weight excluding hydrogens is 440 g/mol. The Labute approximate surface area is 186 Å². The van der Waals surface area contributed by atoms with E-state index in [-0.39, 0.29) is 21.7 Å². The zero-order valence-electron chi connectivity index (χ0n) is 17.4. The van der Waals surface area contributed by atoms with E-state index in [1.54, 1.807) is 25.3 Å². The van der Waals surface area contributed by atoms with E-state index in [9.17, 15) is 13.2 Å². The molecule has 1 fully saturated rings. The van der Waals surface area contributed by atoms with Crippen molar-refractivity contribution in [2.45, 2.75) is 49.8 Å². The summed E-state index contributed by atoms with van der Waals surface area (Å²) in [5.74, 6) is -0.216. The molecule has 2 N–H and O–H groups in total. The molecule has 1 aliphatic rings. The molecule has 0 saturated heterocycles. The molecule has 10 heteroatoms. The predicted molar refractivity (Wildman–Crippen MR) is 118 cm³/mol. The van der Waals surface area contributed by atoms with E-state index in [1.807, 2.05) is 0 Å². The third-order valence-corrected chi connectivity index (χ3v) is 7.08. The highest BCUT2D eigenvalue weighted by Crippen LogP contribution is 2.35. The van der Waals surface area contributed by atoms with Crippen LogP contribution in [0.4, 0.5) is 5.82 Å². The van der Waals surface area contributed by atoms with Gasteiger partial charge >= 0.3 is 0 Å². The summed E-state index contributed by atoms with van der Waals surface area (Å²) in [5, 5.41) is 15.2. The molecule has 0 bridgehead atoms. The fourth-order valence-electron chi connectivity index (χ4n) is 3.78. The first-order valence-electron chi connectivity index (χ1n) is 9.96. The van der Waals surface area contributed by atoms with Gasteiger partial charge < -0.3 is 10.5 Å². The second-order valence-corrected chi connectivity index (χ2v) is 10.3. The Bertz CT molecular complexity index is 1080. The van der Waals surface area contributed by atoms with Crippen LogP contribution in [0, 0.1) is 12.8 Å². The summed E-state index contributed by atoms with van der Waals surface area (Å²) in [5.41, 5.74) is 2.14. The van der Waals surface area contributed by atoms with Crippen LogP contribution in [0.3, 0.4) is 0 Å². The number of rotatable bonds is 6. The van der Waals surface area contributed by atoms with Crippen molar-refractivity contribution in [3.63, 3.8) is 0 Å². The second-order valence-electron chi connectivity index (χ2n) is 7.89. The monoisotopic (exact) mass is 464 g/mol. The number of carbonyl (C=O) groups excluding carboxylic acids is 1. The first kappa shape index (κ1) is 23.1. The van der Waals surface area contributed by atoms with E-state index in [2.05, 4.69) is 20.4 Å². The standard InChI is InChI=1S/C21H25ClN4O4S/c1-13-11-24-20(12-23-13)25-21(27)17(9-14-3-6-16(26-28)7-4-14)15-5-8-19(18(22)10-15)31(2,29)30/h5,8,10-12,14,17,28H,3-4,6-7,9H2,1-2H3,(H,24,25,27)/t14?,17-/m1/s1. The Kier molecular flexibility index (Phi) is 7.27. The number of anilines is 1. The second kappa shape index (κ2) is 9.74. The number of aromatic nitrogens is 2. The van der Waals surface area contributed by atoms with Crippen LogP contribution in [0.25, 0.3) is 0 Å². The van der Waals surface area contributed by atoms with Crippen molar-refractivity contribution >= 4 is 38.9 Å². The molecule has 0 spiro atoms. The van der Waals surface area contributed by atoms with E-state index in [0.717, 1.165) is 30.5 Å². The number of hydrogen-bond acceptors (Lipinski definition) is 7. The summed E-state index contributed by atoms with van der Waals surface area (Å²) in [6.07, 6.45) is 7.70. The minimum absolute atomic E-state index is 0.0305. The van der Waals surface area contributed by atoms with Crippen LogP contribution in [0.2, 0.25) is 5.02 Å². The summed E-state index contributed by atoms with van der Waals surface area (Å²) in [4.78, 5) is 21.5. The van der Waals surface area contributed by atoms with Crippen LogP contribution in [0.5, 0.6) is 0 Å². The lowest BCUT2D eigenvalue weighted by Crippen LogP contribution is -2.26. The molecule has 0 radical (unpaired) electrons. The highest BCUT2D eigenvalue weighted by molar-refractivity contribution is 7.90. The largest absolute Gasteiger partial charge is 0.411 e. The van der Waals surface area contributed by atoms with Gasteiger partial charge in [0.05, 0.1) is 39.6 Å². The fourth-order valence-corrected chi connectivity index (χ4v) is 5.12. The molecule has 2 aromatic rings. The average molecular weight is 465 g/mol. The van der Waals surface area contributed by atoms with Crippen molar-refractivity contribution in [1.29, 1.82) is 0 Å². The maximum atomic E-state index is 13.2. The lowest BCUT2D eigenvalue weighted by atomic mass is 9.79. The first-order valence-corrected chi connectivity index (χ1v) is 12.2. The molecule has 1 aromatic carbocycles. The topological polar surface area (TPSA) is 122 Å². The Balaban J connectivity index is 1.87. The van der Waals surface area contributed by atoms with Crippen molar-refractivity contribution in [3.8, 4) is 0 Å². The van der Waals surface area contributed by atoms with E-state index >= 15 is 0 Å². The first-order chi connectivity index (χ1) is 14.7.